The molecule has 98 valence electrons. The number of pyridine rings is 1. The lowest BCUT2D eigenvalue weighted by molar-refractivity contribution is -0.121. The highest BCUT2D eigenvalue weighted by Gasteiger charge is 2.31. The quantitative estimate of drug-likeness (QED) is 0.687. The number of H-pyrrole nitrogens is 1. The fourth-order valence-corrected chi connectivity index (χ4v) is 2.67. The van der Waals surface area contributed by atoms with Crippen molar-refractivity contribution in [3.8, 4) is 0 Å². The van der Waals surface area contributed by atoms with Crippen molar-refractivity contribution >= 4 is 39.4 Å². The maximum absolute atomic E-state index is 11.8. The third-order valence-corrected chi connectivity index (χ3v) is 3.66. The van der Waals surface area contributed by atoms with E-state index in [-0.39, 0.29) is 24.7 Å². The van der Waals surface area contributed by atoms with Crippen LogP contribution in [0.3, 0.4) is 0 Å². The first-order valence-electron chi connectivity index (χ1n) is 6.47. The van der Waals surface area contributed by atoms with E-state index in [2.05, 4.69) is 9.97 Å². The highest BCUT2D eigenvalue weighted by atomic mass is 16.2. The number of anilines is 1. The number of aromatic amines is 1. The van der Waals surface area contributed by atoms with Crippen LogP contribution in [0.4, 0.5) is 5.82 Å². The molecule has 2 amide bonds. The molecule has 4 rings (SSSR count). The Morgan fingerprint density at radius 3 is 2.55 bits per heavy atom. The van der Waals surface area contributed by atoms with Crippen LogP contribution in [0.25, 0.3) is 21.8 Å². The largest absolute Gasteiger partial charge is 0.361 e. The first-order chi connectivity index (χ1) is 9.74. The van der Waals surface area contributed by atoms with Crippen LogP contribution in [-0.4, -0.2) is 21.8 Å². The van der Waals surface area contributed by atoms with Crippen LogP contribution in [0, 0.1) is 0 Å². The van der Waals surface area contributed by atoms with Crippen molar-refractivity contribution in [2.75, 3.05) is 4.90 Å². The number of nitrogens with one attached hydrogen (secondary N) is 1. The van der Waals surface area contributed by atoms with E-state index in [1.807, 2.05) is 30.5 Å². The standard InChI is InChI=1S/C15H11N3O2/c19-13-5-6-14(20)18(13)12-4-2-9-1-3-11-10(7-8-16-11)15(9)17-12/h1-4,7-8,16H,5-6H2. The molecule has 2 aromatic heterocycles. The lowest BCUT2D eigenvalue weighted by Crippen LogP contribution is -2.29. The lowest BCUT2D eigenvalue weighted by atomic mass is 10.1. The Bertz CT molecular complexity index is 850. The molecule has 3 heterocycles. The van der Waals surface area contributed by atoms with Gasteiger partial charge in [0.1, 0.15) is 5.82 Å². The Morgan fingerprint density at radius 1 is 1.00 bits per heavy atom. The normalized spacial score (nSPS) is 15.7. The van der Waals surface area contributed by atoms with Gasteiger partial charge in [0.05, 0.1) is 5.52 Å². The van der Waals surface area contributed by atoms with E-state index in [0.29, 0.717) is 5.82 Å². The molecule has 0 saturated carbocycles. The van der Waals surface area contributed by atoms with Gasteiger partial charge in [-0.3, -0.25) is 9.59 Å². The van der Waals surface area contributed by atoms with Crippen molar-refractivity contribution in [2.45, 2.75) is 12.8 Å². The van der Waals surface area contributed by atoms with Crippen molar-refractivity contribution in [3.05, 3.63) is 36.5 Å². The molecular formula is C15H11N3O2. The predicted octanol–water partition coefficient (Wildman–Crippen LogP) is 2.37. The van der Waals surface area contributed by atoms with Gasteiger partial charge in [0.15, 0.2) is 0 Å². The zero-order valence-electron chi connectivity index (χ0n) is 10.6. The molecule has 5 heteroatoms. The van der Waals surface area contributed by atoms with Gasteiger partial charge >= 0.3 is 0 Å². The fourth-order valence-electron chi connectivity index (χ4n) is 2.67. The summed E-state index contributed by atoms with van der Waals surface area (Å²) < 4.78 is 0. The summed E-state index contributed by atoms with van der Waals surface area (Å²) >= 11 is 0. The van der Waals surface area contributed by atoms with Crippen LogP contribution in [0.15, 0.2) is 36.5 Å². The Labute approximate surface area is 114 Å². The van der Waals surface area contributed by atoms with E-state index >= 15 is 0 Å². The van der Waals surface area contributed by atoms with Crippen molar-refractivity contribution in [3.63, 3.8) is 0 Å². The molecule has 0 spiro atoms. The Hall–Kier alpha value is -2.69. The number of carbonyl (C=O) groups excluding carboxylic acids is 2. The molecule has 5 nitrogen and oxygen atoms in total. The summed E-state index contributed by atoms with van der Waals surface area (Å²) in [4.78, 5) is 32.4. The molecule has 1 aliphatic heterocycles. The maximum atomic E-state index is 11.8. The summed E-state index contributed by atoms with van der Waals surface area (Å²) in [5.41, 5.74) is 1.79. The Kier molecular flexibility index (Phi) is 2.18. The first-order valence-corrected chi connectivity index (χ1v) is 6.47. The molecule has 3 aromatic rings. The van der Waals surface area contributed by atoms with Crippen LogP contribution in [-0.2, 0) is 9.59 Å². The summed E-state index contributed by atoms with van der Waals surface area (Å²) in [5, 5.41) is 1.98. The van der Waals surface area contributed by atoms with Crippen molar-refractivity contribution in [1.82, 2.24) is 9.97 Å². The van der Waals surface area contributed by atoms with Crippen LogP contribution >= 0.6 is 0 Å². The van der Waals surface area contributed by atoms with E-state index in [4.69, 9.17) is 0 Å². The molecule has 0 bridgehead atoms. The zero-order valence-corrected chi connectivity index (χ0v) is 10.6. The molecule has 0 unspecified atom stereocenters. The minimum Gasteiger partial charge on any atom is -0.361 e. The fraction of sp³-hybridized carbons (Fsp3) is 0.133. The van der Waals surface area contributed by atoms with Gasteiger partial charge < -0.3 is 4.98 Å². The number of imide groups is 1. The van der Waals surface area contributed by atoms with Crippen molar-refractivity contribution in [2.24, 2.45) is 0 Å². The van der Waals surface area contributed by atoms with Crippen LogP contribution in [0.1, 0.15) is 12.8 Å². The minimum absolute atomic E-state index is 0.178. The van der Waals surface area contributed by atoms with Crippen LogP contribution < -0.4 is 4.90 Å². The van der Waals surface area contributed by atoms with Crippen molar-refractivity contribution < 1.29 is 9.59 Å². The van der Waals surface area contributed by atoms with Crippen molar-refractivity contribution in [1.29, 1.82) is 0 Å². The molecule has 0 radical (unpaired) electrons. The predicted molar refractivity (Wildman–Crippen MR) is 75.3 cm³/mol. The Morgan fingerprint density at radius 2 is 1.75 bits per heavy atom. The number of aromatic nitrogens is 2. The maximum Gasteiger partial charge on any atom is 0.235 e. The molecule has 0 atom stereocenters. The number of carbonyl (C=O) groups is 2. The number of fused-ring (bicyclic) bond motifs is 3. The number of hydrogen-bond donors (Lipinski definition) is 1. The molecule has 1 aliphatic rings. The smallest absolute Gasteiger partial charge is 0.235 e. The molecule has 1 aromatic carbocycles. The van der Waals surface area contributed by atoms with E-state index in [1.54, 1.807) is 6.07 Å². The molecule has 1 saturated heterocycles. The van der Waals surface area contributed by atoms with Gasteiger partial charge in [-0.15, -0.1) is 0 Å². The SMILES string of the molecule is O=C1CCC(=O)N1c1ccc2ccc3[nH]ccc3c2n1. The van der Waals surface area contributed by atoms with Gasteiger partial charge in [0.2, 0.25) is 11.8 Å². The summed E-state index contributed by atoms with van der Waals surface area (Å²) in [6.07, 6.45) is 2.39. The van der Waals surface area contributed by atoms with Crippen LogP contribution in [0.5, 0.6) is 0 Å². The summed E-state index contributed by atoms with van der Waals surface area (Å²) in [6.45, 7) is 0. The van der Waals surface area contributed by atoms with Gasteiger partial charge in [-0.25, -0.2) is 9.88 Å². The highest BCUT2D eigenvalue weighted by molar-refractivity contribution is 6.19. The second-order valence-corrected chi connectivity index (χ2v) is 4.87. The molecule has 20 heavy (non-hydrogen) atoms. The average Bonchev–Trinajstić information content (AvgIpc) is 3.05. The number of nitrogens with zero attached hydrogens (tertiary/aromatic N) is 2. The van der Waals surface area contributed by atoms with Gasteiger partial charge in [0, 0.05) is 35.3 Å². The summed E-state index contributed by atoms with van der Waals surface area (Å²) in [6, 6.07) is 9.52. The molecule has 1 fully saturated rings. The number of rotatable bonds is 1. The van der Waals surface area contributed by atoms with Gasteiger partial charge in [-0.05, 0) is 24.3 Å². The monoisotopic (exact) mass is 265 g/mol. The third kappa shape index (κ3) is 1.46. The van der Waals surface area contributed by atoms with E-state index in [1.165, 1.54) is 4.90 Å². The minimum atomic E-state index is -0.178. The lowest BCUT2D eigenvalue weighted by Gasteiger charge is -2.13. The average molecular weight is 265 g/mol. The highest BCUT2D eigenvalue weighted by Crippen LogP contribution is 2.27. The Balaban J connectivity index is 1.97. The zero-order chi connectivity index (χ0) is 13.7. The van der Waals surface area contributed by atoms with E-state index in [0.717, 1.165) is 21.8 Å². The second kappa shape index (κ2) is 3.90. The topological polar surface area (TPSA) is 66.1 Å². The molecule has 0 aliphatic carbocycles. The van der Waals surface area contributed by atoms with Gasteiger partial charge in [-0.1, -0.05) is 6.07 Å². The summed E-state index contributed by atoms with van der Waals surface area (Å²) in [7, 11) is 0. The molecular weight excluding hydrogens is 254 g/mol. The second-order valence-electron chi connectivity index (χ2n) is 4.87. The molecule has 1 N–H and O–H groups in total. The number of amides is 2. The van der Waals surface area contributed by atoms with Crippen LogP contribution in [0.2, 0.25) is 0 Å². The van der Waals surface area contributed by atoms with Gasteiger partial charge in [-0.2, -0.15) is 0 Å². The number of benzene rings is 1. The first kappa shape index (κ1) is 11.2. The third-order valence-electron chi connectivity index (χ3n) is 3.66. The van der Waals surface area contributed by atoms with Gasteiger partial charge in [0.25, 0.3) is 0 Å². The summed E-state index contributed by atoms with van der Waals surface area (Å²) in [5.74, 6) is 0.0601. The number of hydrogen-bond acceptors (Lipinski definition) is 3. The van der Waals surface area contributed by atoms with E-state index in [9.17, 15) is 9.59 Å². The van der Waals surface area contributed by atoms with E-state index < -0.39 is 0 Å².